The highest BCUT2D eigenvalue weighted by Gasteiger charge is 2.35. The van der Waals surface area contributed by atoms with Gasteiger partial charge < -0.3 is 24.5 Å². The van der Waals surface area contributed by atoms with Crippen molar-refractivity contribution in [3.8, 4) is 0 Å². The number of benzene rings is 1. The number of amides is 1. The van der Waals surface area contributed by atoms with Gasteiger partial charge in [-0.25, -0.2) is 0 Å². The summed E-state index contributed by atoms with van der Waals surface area (Å²) in [7, 11) is 0. The van der Waals surface area contributed by atoms with Gasteiger partial charge in [-0.15, -0.1) is 0 Å². The van der Waals surface area contributed by atoms with Gasteiger partial charge in [-0.05, 0) is 56.5 Å². The third-order valence-corrected chi connectivity index (χ3v) is 5.84. The molecule has 0 unspecified atom stereocenters. The number of hydrogen-bond donors (Lipinski definition) is 2. The molecule has 0 spiro atoms. The number of carbonyl (C=O) groups excluding carboxylic acids is 1. The Hall–Kier alpha value is -2.52. The molecule has 2 saturated heterocycles. The first-order valence-corrected chi connectivity index (χ1v) is 10.3. The normalized spacial score (nSPS) is 22.7. The number of anilines is 2. The number of carbonyl (C=O) groups is 1. The first kappa shape index (κ1) is 21.7. The van der Waals surface area contributed by atoms with Gasteiger partial charge in [-0.3, -0.25) is 4.79 Å². The van der Waals surface area contributed by atoms with Crippen LogP contribution in [0.3, 0.4) is 0 Å². The van der Waals surface area contributed by atoms with Gasteiger partial charge in [0.2, 0.25) is 0 Å². The van der Waals surface area contributed by atoms with Crippen LogP contribution in [0.2, 0.25) is 0 Å². The van der Waals surface area contributed by atoms with E-state index in [0.29, 0.717) is 37.6 Å². The average Bonchev–Trinajstić information content (AvgIpc) is 3.35. The topological polar surface area (TPSA) is 74.9 Å². The number of aliphatic hydroxyl groups is 1. The number of furan rings is 1. The van der Waals surface area contributed by atoms with E-state index in [2.05, 4.69) is 5.32 Å². The van der Waals surface area contributed by atoms with E-state index in [-0.39, 0.29) is 23.9 Å². The summed E-state index contributed by atoms with van der Waals surface area (Å²) in [4.78, 5) is 14.6. The Bertz CT molecular complexity index is 948. The third-order valence-electron chi connectivity index (χ3n) is 5.84. The molecule has 0 radical (unpaired) electrons. The molecule has 1 atom stereocenters. The number of rotatable bonds is 4. The van der Waals surface area contributed by atoms with Gasteiger partial charge >= 0.3 is 6.18 Å². The van der Waals surface area contributed by atoms with Gasteiger partial charge in [0.05, 0.1) is 22.5 Å². The van der Waals surface area contributed by atoms with Crippen molar-refractivity contribution in [2.24, 2.45) is 0 Å². The molecular weight excluding hydrogens is 413 g/mol. The Kier molecular flexibility index (Phi) is 5.74. The first-order chi connectivity index (χ1) is 14.6. The molecule has 0 saturated carbocycles. The van der Waals surface area contributed by atoms with Crippen LogP contribution in [0, 0.1) is 0 Å². The molecule has 31 heavy (non-hydrogen) atoms. The molecule has 1 aromatic carbocycles. The zero-order valence-electron chi connectivity index (χ0n) is 17.2. The minimum atomic E-state index is -4.55. The Morgan fingerprint density at radius 3 is 2.61 bits per heavy atom. The van der Waals surface area contributed by atoms with E-state index < -0.39 is 23.2 Å². The summed E-state index contributed by atoms with van der Waals surface area (Å²) in [6.45, 7) is 3.65. The van der Waals surface area contributed by atoms with E-state index >= 15 is 0 Å². The third kappa shape index (κ3) is 4.88. The molecular formula is C22H25F3N2O4. The Balaban J connectivity index is 1.58. The fraction of sp³-hybridized carbons (Fsp3) is 0.500. The van der Waals surface area contributed by atoms with Gasteiger partial charge in [-0.2, -0.15) is 13.2 Å². The second-order valence-corrected chi connectivity index (χ2v) is 8.44. The fourth-order valence-electron chi connectivity index (χ4n) is 4.10. The van der Waals surface area contributed by atoms with E-state index in [4.69, 9.17) is 9.15 Å². The first-order valence-electron chi connectivity index (χ1n) is 10.3. The molecule has 0 aliphatic carbocycles. The van der Waals surface area contributed by atoms with Crippen molar-refractivity contribution in [1.29, 1.82) is 0 Å². The lowest BCUT2D eigenvalue weighted by Gasteiger charge is -2.24. The van der Waals surface area contributed by atoms with Crippen LogP contribution in [0.5, 0.6) is 0 Å². The van der Waals surface area contributed by atoms with Gasteiger partial charge in [-0.1, -0.05) is 0 Å². The summed E-state index contributed by atoms with van der Waals surface area (Å²) in [6.07, 6.45) is -2.48. The molecule has 4 rings (SSSR count). The predicted octanol–water partition coefficient (Wildman–Crippen LogP) is 4.41. The highest BCUT2D eigenvalue weighted by Crippen LogP contribution is 2.38. The van der Waals surface area contributed by atoms with Crippen LogP contribution in [-0.4, -0.2) is 42.9 Å². The zero-order valence-corrected chi connectivity index (χ0v) is 17.2. The molecule has 6 nitrogen and oxygen atoms in total. The predicted molar refractivity (Wildman–Crippen MR) is 108 cm³/mol. The van der Waals surface area contributed by atoms with E-state index in [1.165, 1.54) is 12.1 Å². The van der Waals surface area contributed by atoms with Crippen LogP contribution in [0.15, 0.2) is 34.7 Å². The molecule has 2 aliphatic rings. The quantitative estimate of drug-likeness (QED) is 0.740. The zero-order chi connectivity index (χ0) is 22.2. The van der Waals surface area contributed by atoms with Crippen molar-refractivity contribution in [2.75, 3.05) is 36.5 Å². The minimum absolute atomic E-state index is 0.0292. The fourth-order valence-corrected chi connectivity index (χ4v) is 4.10. The summed E-state index contributed by atoms with van der Waals surface area (Å²) >= 11 is 0. The molecule has 0 bridgehead atoms. The molecule has 2 aromatic rings. The molecule has 1 amide bonds. The Morgan fingerprint density at radius 1 is 1.23 bits per heavy atom. The summed E-state index contributed by atoms with van der Waals surface area (Å²) in [5.41, 5.74) is -1.35. The van der Waals surface area contributed by atoms with Crippen LogP contribution in [-0.2, 0) is 10.9 Å². The van der Waals surface area contributed by atoms with Crippen molar-refractivity contribution in [2.45, 2.75) is 43.9 Å². The minimum Gasteiger partial charge on any atom is -0.456 e. The van der Waals surface area contributed by atoms with Crippen molar-refractivity contribution in [3.05, 3.63) is 47.4 Å². The standard InChI is InChI=1S/C22H25F3N2O4/c1-21(29)8-9-27(13-21)17-3-2-15(22(23,24)25)12-16(17)26-20(28)19-5-4-18(31-19)14-6-10-30-11-7-14/h2-5,12,14,29H,6-11,13H2,1H3,(H,26,28)/t21-/m1/s1. The number of β-amino-alcohol motifs (C(OH)–C–C–N with tert-alkyl or cyclic N) is 1. The van der Waals surface area contributed by atoms with Crippen molar-refractivity contribution >= 4 is 17.3 Å². The van der Waals surface area contributed by atoms with Crippen LogP contribution >= 0.6 is 0 Å². The number of hydrogen-bond acceptors (Lipinski definition) is 5. The summed E-state index contributed by atoms with van der Waals surface area (Å²) < 4.78 is 50.9. The molecule has 3 heterocycles. The highest BCUT2D eigenvalue weighted by atomic mass is 19.4. The number of nitrogens with zero attached hydrogens (tertiary/aromatic N) is 1. The monoisotopic (exact) mass is 438 g/mol. The van der Waals surface area contributed by atoms with Crippen LogP contribution in [0.1, 0.15) is 54.0 Å². The number of alkyl halides is 3. The lowest BCUT2D eigenvalue weighted by atomic mass is 9.98. The SMILES string of the molecule is C[C@@]1(O)CCN(c2ccc(C(F)(F)F)cc2NC(=O)c2ccc(C3CCOCC3)o2)C1. The van der Waals surface area contributed by atoms with Crippen molar-refractivity contribution in [1.82, 2.24) is 0 Å². The average molecular weight is 438 g/mol. The number of nitrogens with one attached hydrogen (secondary N) is 1. The Labute approximate surface area is 178 Å². The molecule has 2 N–H and O–H groups in total. The summed E-state index contributed by atoms with van der Waals surface area (Å²) in [5.74, 6) is 0.252. The second kappa shape index (κ2) is 8.20. The van der Waals surface area contributed by atoms with Crippen LogP contribution in [0.25, 0.3) is 0 Å². The molecule has 168 valence electrons. The van der Waals surface area contributed by atoms with Crippen LogP contribution < -0.4 is 10.2 Å². The van der Waals surface area contributed by atoms with E-state index in [1.807, 2.05) is 0 Å². The van der Waals surface area contributed by atoms with Gasteiger partial charge in [0, 0.05) is 32.2 Å². The van der Waals surface area contributed by atoms with Crippen LogP contribution in [0.4, 0.5) is 24.5 Å². The van der Waals surface area contributed by atoms with Crippen molar-refractivity contribution in [3.63, 3.8) is 0 Å². The van der Waals surface area contributed by atoms with E-state index in [9.17, 15) is 23.1 Å². The maximum Gasteiger partial charge on any atom is 0.416 e. The maximum atomic E-state index is 13.3. The molecule has 2 fully saturated rings. The number of ether oxygens (including phenoxy) is 1. The molecule has 1 aromatic heterocycles. The largest absolute Gasteiger partial charge is 0.456 e. The molecule has 2 aliphatic heterocycles. The van der Waals surface area contributed by atoms with Crippen molar-refractivity contribution < 1.29 is 32.2 Å². The van der Waals surface area contributed by atoms with E-state index in [0.717, 1.165) is 25.0 Å². The second-order valence-electron chi connectivity index (χ2n) is 8.44. The highest BCUT2D eigenvalue weighted by molar-refractivity contribution is 6.04. The van der Waals surface area contributed by atoms with Gasteiger partial charge in [0.15, 0.2) is 5.76 Å². The smallest absolute Gasteiger partial charge is 0.416 e. The summed E-state index contributed by atoms with van der Waals surface area (Å²) in [6, 6.07) is 6.50. The number of halogens is 3. The Morgan fingerprint density at radius 2 is 1.97 bits per heavy atom. The lowest BCUT2D eigenvalue weighted by molar-refractivity contribution is -0.137. The lowest BCUT2D eigenvalue weighted by Crippen LogP contribution is -2.30. The molecule has 9 heteroatoms. The van der Waals surface area contributed by atoms with E-state index in [1.54, 1.807) is 17.9 Å². The van der Waals surface area contributed by atoms with Gasteiger partial charge in [0.25, 0.3) is 5.91 Å². The summed E-state index contributed by atoms with van der Waals surface area (Å²) in [5, 5.41) is 12.8. The maximum absolute atomic E-state index is 13.3. The van der Waals surface area contributed by atoms with Gasteiger partial charge in [0.1, 0.15) is 5.76 Å².